The van der Waals surface area contributed by atoms with Gasteiger partial charge in [-0.15, -0.1) is 0 Å². The maximum absolute atomic E-state index is 11.9. The summed E-state index contributed by atoms with van der Waals surface area (Å²) < 4.78 is 2.90. The molecular weight excluding hydrogens is 218 g/mol. The molecule has 0 aliphatic carbocycles. The fourth-order valence-electron chi connectivity index (χ4n) is 1.71. The second-order valence-corrected chi connectivity index (χ2v) is 3.99. The first-order valence-corrected chi connectivity index (χ1v) is 6.21. The van der Waals surface area contributed by atoms with Crippen molar-refractivity contribution in [2.75, 3.05) is 13.1 Å². The van der Waals surface area contributed by atoms with Crippen molar-refractivity contribution >= 4 is 0 Å². The van der Waals surface area contributed by atoms with E-state index in [-0.39, 0.29) is 11.2 Å². The molecule has 0 spiro atoms. The highest BCUT2D eigenvalue weighted by atomic mass is 16.2. The van der Waals surface area contributed by atoms with Gasteiger partial charge in [0.1, 0.15) is 0 Å². The van der Waals surface area contributed by atoms with Crippen molar-refractivity contribution in [1.82, 2.24) is 14.5 Å². The van der Waals surface area contributed by atoms with Gasteiger partial charge in [-0.3, -0.25) is 9.36 Å². The molecule has 1 rings (SSSR count). The van der Waals surface area contributed by atoms with E-state index in [1.54, 1.807) is 10.8 Å². The Morgan fingerprint density at radius 2 is 2.00 bits per heavy atom. The van der Waals surface area contributed by atoms with E-state index in [0.29, 0.717) is 13.1 Å². The first kappa shape index (κ1) is 13.7. The van der Waals surface area contributed by atoms with E-state index in [2.05, 4.69) is 5.32 Å². The summed E-state index contributed by atoms with van der Waals surface area (Å²) in [6.07, 6.45) is 3.25. The first-order chi connectivity index (χ1) is 8.20. The summed E-state index contributed by atoms with van der Waals surface area (Å²) in [5, 5.41) is 3.17. The highest BCUT2D eigenvalue weighted by molar-refractivity contribution is 4.86. The molecule has 5 heteroatoms. The van der Waals surface area contributed by atoms with Gasteiger partial charge in [0.05, 0.1) is 0 Å². The van der Waals surface area contributed by atoms with E-state index in [1.165, 1.54) is 10.6 Å². The molecule has 96 valence electrons. The smallest absolute Gasteiger partial charge is 0.317 e. The fraction of sp³-hybridized carbons (Fsp3) is 0.667. The minimum absolute atomic E-state index is 0.198. The second kappa shape index (κ2) is 7.06. The Balaban J connectivity index is 2.79. The Labute approximate surface area is 101 Å². The Hall–Kier alpha value is -1.36. The molecule has 0 aliphatic rings. The number of nitrogens with zero attached hydrogens (tertiary/aromatic N) is 2. The molecule has 0 saturated heterocycles. The van der Waals surface area contributed by atoms with E-state index in [9.17, 15) is 9.59 Å². The van der Waals surface area contributed by atoms with Crippen LogP contribution in [0.25, 0.3) is 0 Å². The van der Waals surface area contributed by atoms with Crippen LogP contribution < -0.4 is 16.6 Å². The third-order valence-corrected chi connectivity index (χ3v) is 2.59. The molecule has 1 N–H and O–H groups in total. The van der Waals surface area contributed by atoms with Crippen molar-refractivity contribution in [3.63, 3.8) is 0 Å². The zero-order chi connectivity index (χ0) is 12.7. The van der Waals surface area contributed by atoms with Crippen molar-refractivity contribution in [1.29, 1.82) is 0 Å². The molecule has 1 aromatic rings. The van der Waals surface area contributed by atoms with E-state index in [4.69, 9.17) is 0 Å². The van der Waals surface area contributed by atoms with Crippen LogP contribution in [0.4, 0.5) is 0 Å². The third-order valence-electron chi connectivity index (χ3n) is 2.59. The van der Waals surface area contributed by atoms with Crippen molar-refractivity contribution < 1.29 is 0 Å². The van der Waals surface area contributed by atoms with Crippen LogP contribution in [0.15, 0.2) is 21.9 Å². The summed E-state index contributed by atoms with van der Waals surface area (Å²) in [5.74, 6) is 0. The number of aromatic nitrogens is 2. The first-order valence-electron chi connectivity index (χ1n) is 6.21. The van der Waals surface area contributed by atoms with Crippen LogP contribution in [0.2, 0.25) is 0 Å². The highest BCUT2D eigenvalue weighted by Crippen LogP contribution is 1.86. The van der Waals surface area contributed by atoms with Crippen molar-refractivity contribution in [3.8, 4) is 0 Å². The van der Waals surface area contributed by atoms with Crippen molar-refractivity contribution in [2.24, 2.45) is 0 Å². The maximum atomic E-state index is 11.9. The normalized spacial score (nSPS) is 10.7. The SMILES string of the molecule is CCCn1ccc(=O)n(CCCNCC)c1=O. The van der Waals surface area contributed by atoms with Crippen LogP contribution in [-0.2, 0) is 13.1 Å². The van der Waals surface area contributed by atoms with Gasteiger partial charge in [0.2, 0.25) is 0 Å². The number of hydrogen-bond acceptors (Lipinski definition) is 3. The summed E-state index contributed by atoms with van der Waals surface area (Å²) in [4.78, 5) is 23.5. The summed E-state index contributed by atoms with van der Waals surface area (Å²) >= 11 is 0. The molecule has 0 aliphatic heterocycles. The van der Waals surface area contributed by atoms with Gasteiger partial charge >= 0.3 is 5.69 Å². The molecule has 0 bridgehead atoms. The second-order valence-electron chi connectivity index (χ2n) is 3.99. The van der Waals surface area contributed by atoms with Crippen molar-refractivity contribution in [2.45, 2.75) is 39.8 Å². The Kier molecular flexibility index (Phi) is 5.69. The summed E-state index contributed by atoms with van der Waals surface area (Å²) in [6.45, 7) is 6.91. The topological polar surface area (TPSA) is 56.0 Å². The highest BCUT2D eigenvalue weighted by Gasteiger charge is 2.03. The summed E-state index contributed by atoms with van der Waals surface area (Å²) in [7, 11) is 0. The predicted octanol–water partition coefficient (Wildman–Crippen LogP) is 0.420. The third kappa shape index (κ3) is 3.85. The van der Waals surface area contributed by atoms with E-state index in [0.717, 1.165) is 25.9 Å². The quantitative estimate of drug-likeness (QED) is 0.702. The molecule has 0 fully saturated rings. The molecule has 1 aromatic heterocycles. The summed E-state index contributed by atoms with van der Waals surface area (Å²) in [6, 6.07) is 1.46. The van der Waals surface area contributed by atoms with Gasteiger partial charge in [-0.1, -0.05) is 13.8 Å². The Morgan fingerprint density at radius 3 is 2.65 bits per heavy atom. The van der Waals surface area contributed by atoms with Gasteiger partial charge in [0.25, 0.3) is 5.56 Å². The zero-order valence-electron chi connectivity index (χ0n) is 10.6. The largest absolute Gasteiger partial charge is 0.330 e. The van der Waals surface area contributed by atoms with E-state index in [1.807, 2.05) is 13.8 Å². The standard InChI is InChI=1S/C12H21N3O2/c1-3-8-14-10-6-11(16)15(12(14)17)9-5-7-13-4-2/h6,10,13H,3-5,7-9H2,1-2H3. The maximum Gasteiger partial charge on any atom is 0.330 e. The van der Waals surface area contributed by atoms with Crippen LogP contribution in [0.3, 0.4) is 0 Å². The lowest BCUT2D eigenvalue weighted by molar-refractivity contribution is 0.517. The van der Waals surface area contributed by atoms with E-state index < -0.39 is 0 Å². The van der Waals surface area contributed by atoms with Gasteiger partial charge in [0, 0.05) is 25.4 Å². The van der Waals surface area contributed by atoms with Gasteiger partial charge < -0.3 is 9.88 Å². The number of rotatable bonds is 7. The fourth-order valence-corrected chi connectivity index (χ4v) is 1.71. The zero-order valence-corrected chi connectivity index (χ0v) is 10.6. The van der Waals surface area contributed by atoms with Crippen LogP contribution in [0.5, 0.6) is 0 Å². The number of aryl methyl sites for hydroxylation is 1. The lowest BCUT2D eigenvalue weighted by atomic mass is 10.4. The van der Waals surface area contributed by atoms with Crippen LogP contribution in [0.1, 0.15) is 26.7 Å². The van der Waals surface area contributed by atoms with Crippen LogP contribution in [-0.4, -0.2) is 22.2 Å². The molecule has 0 radical (unpaired) electrons. The molecule has 0 atom stereocenters. The molecule has 0 saturated carbocycles. The number of hydrogen-bond donors (Lipinski definition) is 1. The van der Waals surface area contributed by atoms with E-state index >= 15 is 0 Å². The minimum Gasteiger partial charge on any atom is -0.317 e. The van der Waals surface area contributed by atoms with Gasteiger partial charge in [-0.25, -0.2) is 4.79 Å². The molecule has 5 nitrogen and oxygen atoms in total. The lowest BCUT2D eigenvalue weighted by Gasteiger charge is -2.08. The molecule has 1 heterocycles. The predicted molar refractivity (Wildman–Crippen MR) is 68.4 cm³/mol. The number of nitrogens with one attached hydrogen (secondary N) is 1. The monoisotopic (exact) mass is 239 g/mol. The molecule has 17 heavy (non-hydrogen) atoms. The van der Waals surface area contributed by atoms with Gasteiger partial charge in [-0.05, 0) is 25.9 Å². The molecule has 0 unspecified atom stereocenters. The lowest BCUT2D eigenvalue weighted by Crippen LogP contribution is -2.39. The van der Waals surface area contributed by atoms with Crippen LogP contribution >= 0.6 is 0 Å². The average Bonchev–Trinajstić information content (AvgIpc) is 2.32. The van der Waals surface area contributed by atoms with Gasteiger partial charge in [0.15, 0.2) is 0 Å². The summed E-state index contributed by atoms with van der Waals surface area (Å²) in [5.41, 5.74) is -0.408. The molecular formula is C12H21N3O2. The van der Waals surface area contributed by atoms with Crippen LogP contribution in [0, 0.1) is 0 Å². The molecule has 0 aromatic carbocycles. The Morgan fingerprint density at radius 1 is 1.24 bits per heavy atom. The molecule has 0 amide bonds. The average molecular weight is 239 g/mol. The van der Waals surface area contributed by atoms with Gasteiger partial charge in [-0.2, -0.15) is 0 Å². The van der Waals surface area contributed by atoms with Crippen molar-refractivity contribution in [3.05, 3.63) is 33.1 Å². The minimum atomic E-state index is -0.209. The Bertz CT molecular complexity index is 448.